The number of benzene rings is 1. The molecule has 4 rings (SSSR count). The van der Waals surface area contributed by atoms with Gasteiger partial charge in [0.05, 0.1) is 45.4 Å². The van der Waals surface area contributed by atoms with E-state index in [4.69, 9.17) is 9.47 Å². The van der Waals surface area contributed by atoms with Gasteiger partial charge in [-0.3, -0.25) is 24.6 Å². The molecule has 198 valence electrons. The monoisotopic (exact) mass is 508 g/mol. The Kier molecular flexibility index (Phi) is 8.86. The van der Waals surface area contributed by atoms with Crippen molar-refractivity contribution in [1.29, 1.82) is 0 Å². The molecule has 3 aliphatic heterocycles. The van der Waals surface area contributed by atoms with E-state index in [-0.39, 0.29) is 42.7 Å². The number of carbonyl (C=O) groups excluding carboxylic acids is 3. The summed E-state index contributed by atoms with van der Waals surface area (Å²) in [5.74, 6) is -0.401. The number of carbonyl (C=O) groups is 3. The second kappa shape index (κ2) is 12.1. The zero-order chi connectivity index (χ0) is 25.7. The molecule has 3 heterocycles. The van der Waals surface area contributed by atoms with E-state index >= 15 is 0 Å². The summed E-state index contributed by atoms with van der Waals surface area (Å²) in [6.45, 7) is 1.16. The van der Waals surface area contributed by atoms with Gasteiger partial charge in [-0.25, -0.2) is 8.78 Å². The van der Waals surface area contributed by atoms with Gasteiger partial charge >= 0.3 is 0 Å². The molecule has 3 atom stereocenters. The number of halogens is 2. The molecule has 9 nitrogen and oxygen atoms in total. The number of amides is 2. The molecular weight excluding hydrogens is 474 g/mol. The number of Topliss-reactive ketones (excluding diaryl/α,β-unsaturated/α-hetero) is 1. The predicted molar refractivity (Wildman–Crippen MR) is 127 cm³/mol. The normalized spacial score (nSPS) is 25.2. The summed E-state index contributed by atoms with van der Waals surface area (Å²) in [5, 5.41) is 6.07. The first-order valence-corrected chi connectivity index (χ1v) is 12.4. The highest BCUT2D eigenvalue weighted by Gasteiger charge is 2.39. The standard InChI is InChI=1S/C25H34F2N4O5/c1-35-18-4-2-3-17(11-18)24(33)16-5-8-30(9-6-16)14-23(32)31(12-21(26)27)13-22-28-20-7-10-36-15-19(20)25(34)29-22/h2-4,11,16,19-22,28H,5-10,12-15H2,1H3,(H,29,34). The molecule has 3 unspecified atom stereocenters. The Morgan fingerprint density at radius 2 is 2.03 bits per heavy atom. The molecule has 11 heteroatoms. The minimum atomic E-state index is -2.68. The molecule has 0 saturated carbocycles. The minimum Gasteiger partial charge on any atom is -0.497 e. The van der Waals surface area contributed by atoms with Crippen molar-refractivity contribution in [2.45, 2.75) is 37.9 Å². The van der Waals surface area contributed by atoms with Gasteiger partial charge in [0, 0.05) is 24.1 Å². The Bertz CT molecular complexity index is 941. The minimum absolute atomic E-state index is 0.00660. The van der Waals surface area contributed by atoms with Crippen LogP contribution in [-0.2, 0) is 14.3 Å². The molecule has 0 aliphatic carbocycles. The predicted octanol–water partition coefficient (Wildman–Crippen LogP) is 1.13. The third-order valence-electron chi connectivity index (χ3n) is 7.21. The third-order valence-corrected chi connectivity index (χ3v) is 7.21. The van der Waals surface area contributed by atoms with Crippen molar-refractivity contribution >= 4 is 17.6 Å². The maximum atomic E-state index is 13.3. The van der Waals surface area contributed by atoms with Gasteiger partial charge in [0.25, 0.3) is 6.43 Å². The number of likely N-dealkylation sites (tertiary alicyclic amines) is 1. The van der Waals surface area contributed by atoms with Gasteiger partial charge in [0.1, 0.15) is 5.75 Å². The Hall–Kier alpha value is -2.63. The topological polar surface area (TPSA) is 100 Å². The maximum Gasteiger partial charge on any atom is 0.255 e. The number of fused-ring (bicyclic) bond motifs is 1. The molecule has 1 aromatic carbocycles. The largest absolute Gasteiger partial charge is 0.497 e. The summed E-state index contributed by atoms with van der Waals surface area (Å²) in [4.78, 5) is 41.3. The van der Waals surface area contributed by atoms with Crippen LogP contribution in [0.4, 0.5) is 8.78 Å². The van der Waals surface area contributed by atoms with E-state index in [1.165, 1.54) is 0 Å². The number of rotatable bonds is 9. The van der Waals surface area contributed by atoms with Gasteiger partial charge in [-0.05, 0) is 44.5 Å². The van der Waals surface area contributed by atoms with Crippen LogP contribution in [0.1, 0.15) is 29.6 Å². The van der Waals surface area contributed by atoms with E-state index in [0.29, 0.717) is 56.9 Å². The Morgan fingerprint density at radius 1 is 1.25 bits per heavy atom. The maximum absolute atomic E-state index is 13.3. The van der Waals surface area contributed by atoms with Crippen molar-refractivity contribution in [3.8, 4) is 5.75 Å². The average molecular weight is 509 g/mol. The van der Waals surface area contributed by atoms with Gasteiger partial charge in [0.15, 0.2) is 5.78 Å². The molecule has 2 N–H and O–H groups in total. The molecule has 0 aromatic heterocycles. The van der Waals surface area contributed by atoms with Gasteiger partial charge < -0.3 is 19.7 Å². The second-order valence-electron chi connectivity index (χ2n) is 9.64. The van der Waals surface area contributed by atoms with E-state index in [1.807, 2.05) is 4.90 Å². The number of ether oxygens (including phenoxy) is 2. The number of hydrogen-bond acceptors (Lipinski definition) is 7. The molecule has 3 aliphatic rings. The van der Waals surface area contributed by atoms with Crippen LogP contribution < -0.4 is 15.4 Å². The molecule has 0 bridgehead atoms. The molecule has 1 aromatic rings. The van der Waals surface area contributed by atoms with Gasteiger partial charge in [-0.15, -0.1) is 0 Å². The Labute approximate surface area is 209 Å². The summed E-state index contributed by atoms with van der Waals surface area (Å²) >= 11 is 0. The second-order valence-corrected chi connectivity index (χ2v) is 9.64. The first kappa shape index (κ1) is 26.4. The van der Waals surface area contributed by atoms with E-state index in [1.54, 1.807) is 31.4 Å². The lowest BCUT2D eigenvalue weighted by atomic mass is 9.89. The van der Waals surface area contributed by atoms with Crippen LogP contribution in [0.25, 0.3) is 0 Å². The van der Waals surface area contributed by atoms with Crippen LogP contribution in [0.3, 0.4) is 0 Å². The average Bonchev–Trinajstić information content (AvgIpc) is 2.88. The van der Waals surface area contributed by atoms with Crippen LogP contribution in [-0.4, -0.2) is 99.1 Å². The van der Waals surface area contributed by atoms with Crippen molar-refractivity contribution in [2.75, 3.05) is 53.0 Å². The number of nitrogens with one attached hydrogen (secondary N) is 2. The number of hydrogen-bond donors (Lipinski definition) is 2. The number of piperidine rings is 1. The fourth-order valence-electron chi connectivity index (χ4n) is 5.19. The van der Waals surface area contributed by atoms with Crippen molar-refractivity contribution in [3.63, 3.8) is 0 Å². The van der Waals surface area contributed by atoms with Crippen LogP contribution in [0.5, 0.6) is 5.75 Å². The summed E-state index contributed by atoms with van der Waals surface area (Å²) in [6, 6.07) is 6.96. The lowest BCUT2D eigenvalue weighted by molar-refractivity contribution is -0.140. The molecule has 3 fully saturated rings. The van der Waals surface area contributed by atoms with E-state index in [9.17, 15) is 23.2 Å². The number of alkyl halides is 2. The van der Waals surface area contributed by atoms with Crippen molar-refractivity contribution in [3.05, 3.63) is 29.8 Å². The zero-order valence-electron chi connectivity index (χ0n) is 20.5. The third kappa shape index (κ3) is 6.57. The highest BCUT2D eigenvalue weighted by atomic mass is 19.3. The van der Waals surface area contributed by atoms with Crippen molar-refractivity contribution in [1.82, 2.24) is 20.4 Å². The smallest absolute Gasteiger partial charge is 0.255 e. The summed E-state index contributed by atoms with van der Waals surface area (Å²) < 4.78 is 37.2. The lowest BCUT2D eigenvalue weighted by Gasteiger charge is -2.41. The van der Waals surface area contributed by atoms with Crippen LogP contribution in [0, 0.1) is 11.8 Å². The molecule has 3 saturated heterocycles. The van der Waals surface area contributed by atoms with Crippen LogP contribution >= 0.6 is 0 Å². The molecule has 0 spiro atoms. The SMILES string of the molecule is COc1cccc(C(=O)C2CCN(CC(=O)N(CC(F)F)CC3NC(=O)C4COCCC4N3)CC2)c1. The number of methoxy groups -OCH3 is 1. The summed E-state index contributed by atoms with van der Waals surface area (Å²) in [5.41, 5.74) is 0.598. The molecule has 2 amide bonds. The molecule has 0 radical (unpaired) electrons. The molecular formula is C25H34F2N4O5. The summed E-state index contributed by atoms with van der Waals surface area (Å²) in [7, 11) is 1.55. The number of ketones is 1. The van der Waals surface area contributed by atoms with Gasteiger partial charge in [0.2, 0.25) is 11.8 Å². The molecule has 36 heavy (non-hydrogen) atoms. The highest BCUT2D eigenvalue weighted by molar-refractivity contribution is 5.98. The fraction of sp³-hybridized carbons (Fsp3) is 0.640. The first-order valence-electron chi connectivity index (χ1n) is 12.4. The van der Waals surface area contributed by atoms with E-state index in [0.717, 1.165) is 4.90 Å². The first-order chi connectivity index (χ1) is 17.3. The fourth-order valence-corrected chi connectivity index (χ4v) is 5.19. The van der Waals surface area contributed by atoms with E-state index < -0.39 is 25.0 Å². The van der Waals surface area contributed by atoms with Gasteiger partial charge in [-0.1, -0.05) is 12.1 Å². The summed E-state index contributed by atoms with van der Waals surface area (Å²) in [6.07, 6.45) is -1.45. The van der Waals surface area contributed by atoms with Crippen molar-refractivity contribution < 1.29 is 32.6 Å². The van der Waals surface area contributed by atoms with Crippen LogP contribution in [0.15, 0.2) is 24.3 Å². The van der Waals surface area contributed by atoms with E-state index in [2.05, 4.69) is 10.6 Å². The lowest BCUT2D eigenvalue weighted by Crippen LogP contribution is -2.67. The quantitative estimate of drug-likeness (QED) is 0.483. The van der Waals surface area contributed by atoms with Gasteiger partial charge in [-0.2, -0.15) is 0 Å². The Morgan fingerprint density at radius 3 is 2.75 bits per heavy atom. The zero-order valence-corrected chi connectivity index (χ0v) is 20.5. The number of nitrogens with zero attached hydrogens (tertiary/aromatic N) is 2. The van der Waals surface area contributed by atoms with Crippen molar-refractivity contribution in [2.24, 2.45) is 11.8 Å². The highest BCUT2D eigenvalue weighted by Crippen LogP contribution is 2.24. The Balaban J connectivity index is 1.30. The van der Waals surface area contributed by atoms with Crippen LogP contribution in [0.2, 0.25) is 0 Å².